The molecule has 0 aliphatic heterocycles. The van der Waals surface area contributed by atoms with Crippen LogP contribution in [0.15, 0.2) is 83.8 Å². The number of rotatable bonds is 11. The van der Waals surface area contributed by atoms with E-state index in [1.54, 1.807) is 73.7 Å². The highest BCUT2D eigenvalue weighted by molar-refractivity contribution is 7.92. The molecule has 0 radical (unpaired) electrons. The molecule has 1 amide bonds. The lowest BCUT2D eigenvalue weighted by atomic mass is 10.3. The van der Waals surface area contributed by atoms with Crippen LogP contribution in [0.3, 0.4) is 0 Å². The van der Waals surface area contributed by atoms with E-state index in [0.29, 0.717) is 23.1 Å². The fourth-order valence-corrected chi connectivity index (χ4v) is 4.70. The Kier molecular flexibility index (Phi) is 8.57. The summed E-state index contributed by atoms with van der Waals surface area (Å²) in [5, 5.41) is 3.16. The number of nitrogens with one attached hydrogen (secondary N) is 1. The van der Waals surface area contributed by atoms with Crippen LogP contribution >= 0.6 is 11.6 Å². The van der Waals surface area contributed by atoms with Crippen LogP contribution in [0.1, 0.15) is 6.92 Å². The summed E-state index contributed by atoms with van der Waals surface area (Å²) in [6.07, 6.45) is 0. The Morgan fingerprint density at radius 1 is 0.909 bits per heavy atom. The van der Waals surface area contributed by atoms with Crippen LogP contribution in [-0.4, -0.2) is 40.6 Å². The van der Waals surface area contributed by atoms with Gasteiger partial charge in [-0.3, -0.25) is 9.10 Å². The molecule has 0 aliphatic rings. The van der Waals surface area contributed by atoms with Crippen molar-refractivity contribution in [3.63, 3.8) is 0 Å². The Hall–Kier alpha value is -3.23. The molecule has 1 N–H and O–H groups in total. The first kappa shape index (κ1) is 24.4. The lowest BCUT2D eigenvalue weighted by molar-refractivity contribution is -0.119. The molecule has 0 bridgehead atoms. The maximum atomic E-state index is 13.4. The average Bonchev–Trinajstić information content (AvgIpc) is 2.82. The maximum Gasteiger partial charge on any atom is 0.264 e. The van der Waals surface area contributed by atoms with E-state index in [9.17, 15) is 13.2 Å². The summed E-state index contributed by atoms with van der Waals surface area (Å²) >= 11 is 6.05. The highest BCUT2D eigenvalue weighted by Crippen LogP contribution is 2.32. The highest BCUT2D eigenvalue weighted by Gasteiger charge is 2.29. The normalized spacial score (nSPS) is 11.0. The minimum Gasteiger partial charge on any atom is -0.492 e. The van der Waals surface area contributed by atoms with E-state index >= 15 is 0 Å². The second kappa shape index (κ2) is 11.6. The molecule has 0 heterocycles. The molecule has 9 heteroatoms. The predicted molar refractivity (Wildman–Crippen MR) is 129 cm³/mol. The van der Waals surface area contributed by atoms with Gasteiger partial charge < -0.3 is 14.8 Å². The van der Waals surface area contributed by atoms with Gasteiger partial charge in [0.1, 0.15) is 24.7 Å². The van der Waals surface area contributed by atoms with Crippen molar-refractivity contribution in [1.29, 1.82) is 0 Å². The number of sulfonamides is 1. The smallest absolute Gasteiger partial charge is 0.264 e. The van der Waals surface area contributed by atoms with E-state index < -0.39 is 22.5 Å². The number of carbonyl (C=O) groups excluding carboxylic acids is 1. The van der Waals surface area contributed by atoms with E-state index in [1.165, 1.54) is 12.1 Å². The van der Waals surface area contributed by atoms with Crippen molar-refractivity contribution in [1.82, 2.24) is 5.32 Å². The van der Waals surface area contributed by atoms with Gasteiger partial charge in [0.05, 0.1) is 28.8 Å². The molecule has 33 heavy (non-hydrogen) atoms. The van der Waals surface area contributed by atoms with E-state index in [2.05, 4.69) is 5.32 Å². The summed E-state index contributed by atoms with van der Waals surface area (Å²) < 4.78 is 39.1. The monoisotopic (exact) mass is 488 g/mol. The first-order chi connectivity index (χ1) is 15.9. The quantitative estimate of drug-likeness (QED) is 0.410. The van der Waals surface area contributed by atoms with Crippen LogP contribution in [0, 0.1) is 0 Å². The standard InChI is InChI=1S/C24H25ClN2O5S/c1-2-31-23-15-9-7-13-21(23)27(33(29,30)19-10-4-3-5-11-19)18-24(28)26-16-17-32-22-14-8-6-12-20(22)25/h3-15H,2,16-18H2,1H3,(H,26,28). The van der Waals surface area contributed by atoms with E-state index in [1.807, 2.05) is 0 Å². The zero-order valence-electron chi connectivity index (χ0n) is 18.1. The van der Waals surface area contributed by atoms with Gasteiger partial charge in [-0.05, 0) is 43.3 Å². The Morgan fingerprint density at radius 2 is 1.55 bits per heavy atom. The molecule has 3 aromatic carbocycles. The van der Waals surface area contributed by atoms with Gasteiger partial charge >= 0.3 is 0 Å². The molecule has 3 aromatic rings. The topological polar surface area (TPSA) is 84.9 Å². The molecular weight excluding hydrogens is 464 g/mol. The van der Waals surface area contributed by atoms with Gasteiger partial charge in [-0.2, -0.15) is 0 Å². The third-order valence-electron chi connectivity index (χ3n) is 4.57. The summed E-state index contributed by atoms with van der Waals surface area (Å²) in [6.45, 7) is 2.08. The van der Waals surface area contributed by atoms with Crippen LogP contribution in [-0.2, 0) is 14.8 Å². The number of halogens is 1. The molecular formula is C24H25ClN2O5S. The van der Waals surface area contributed by atoms with E-state index in [-0.39, 0.29) is 23.7 Å². The molecule has 7 nitrogen and oxygen atoms in total. The summed E-state index contributed by atoms with van der Waals surface area (Å²) in [6, 6.07) is 21.7. The van der Waals surface area contributed by atoms with Gasteiger partial charge in [0.15, 0.2) is 0 Å². The second-order valence-electron chi connectivity index (χ2n) is 6.85. The fourth-order valence-electron chi connectivity index (χ4n) is 3.06. The Morgan fingerprint density at radius 3 is 2.24 bits per heavy atom. The zero-order chi connectivity index (χ0) is 23.7. The Labute approximate surface area is 198 Å². The first-order valence-corrected chi connectivity index (χ1v) is 12.2. The Bertz CT molecular complexity index is 1170. The third kappa shape index (κ3) is 6.40. The van der Waals surface area contributed by atoms with Crippen LogP contribution in [0.25, 0.3) is 0 Å². The molecule has 0 aliphatic carbocycles. The summed E-state index contributed by atoms with van der Waals surface area (Å²) in [7, 11) is -4.03. The molecule has 0 atom stereocenters. The van der Waals surface area contributed by atoms with Crippen molar-refractivity contribution in [3.8, 4) is 11.5 Å². The van der Waals surface area contributed by atoms with Crippen molar-refractivity contribution < 1.29 is 22.7 Å². The van der Waals surface area contributed by atoms with Crippen LogP contribution in [0.2, 0.25) is 5.02 Å². The molecule has 174 valence electrons. The van der Waals surface area contributed by atoms with Crippen molar-refractivity contribution in [2.45, 2.75) is 11.8 Å². The minimum absolute atomic E-state index is 0.0751. The second-order valence-corrected chi connectivity index (χ2v) is 9.12. The molecule has 0 fully saturated rings. The number of carbonyl (C=O) groups is 1. The Balaban J connectivity index is 1.76. The lowest BCUT2D eigenvalue weighted by Gasteiger charge is -2.26. The number of ether oxygens (including phenoxy) is 2. The largest absolute Gasteiger partial charge is 0.492 e. The highest BCUT2D eigenvalue weighted by atomic mass is 35.5. The van der Waals surface area contributed by atoms with Gasteiger partial charge in [-0.1, -0.05) is 54.1 Å². The van der Waals surface area contributed by atoms with Crippen molar-refractivity contribution in [3.05, 3.63) is 83.9 Å². The number of benzene rings is 3. The molecule has 0 saturated carbocycles. The maximum absolute atomic E-state index is 13.4. The fraction of sp³-hybridized carbons (Fsp3) is 0.208. The number of nitrogens with zero attached hydrogens (tertiary/aromatic N) is 1. The predicted octanol–water partition coefficient (Wildman–Crippen LogP) is 4.13. The molecule has 0 unspecified atom stereocenters. The van der Waals surface area contributed by atoms with Gasteiger partial charge in [-0.15, -0.1) is 0 Å². The first-order valence-electron chi connectivity index (χ1n) is 10.4. The van der Waals surface area contributed by atoms with Crippen LogP contribution in [0.5, 0.6) is 11.5 Å². The summed E-state index contributed by atoms with van der Waals surface area (Å²) in [5.74, 6) is 0.394. The van der Waals surface area contributed by atoms with Crippen molar-refractivity contribution in [2.24, 2.45) is 0 Å². The lowest BCUT2D eigenvalue weighted by Crippen LogP contribution is -2.42. The van der Waals surface area contributed by atoms with Gasteiger partial charge in [-0.25, -0.2) is 8.42 Å². The minimum atomic E-state index is -4.03. The number of amides is 1. The SMILES string of the molecule is CCOc1ccccc1N(CC(=O)NCCOc1ccccc1Cl)S(=O)(=O)c1ccccc1. The summed E-state index contributed by atoms with van der Waals surface area (Å²) in [4.78, 5) is 12.8. The van der Waals surface area contributed by atoms with Gasteiger partial charge in [0.2, 0.25) is 5.91 Å². The van der Waals surface area contributed by atoms with E-state index in [4.69, 9.17) is 21.1 Å². The van der Waals surface area contributed by atoms with E-state index in [0.717, 1.165) is 4.31 Å². The average molecular weight is 489 g/mol. The zero-order valence-corrected chi connectivity index (χ0v) is 19.7. The number of anilines is 1. The molecule has 3 rings (SSSR count). The van der Waals surface area contributed by atoms with Crippen LogP contribution < -0.4 is 19.1 Å². The molecule has 0 spiro atoms. The van der Waals surface area contributed by atoms with Gasteiger partial charge in [0.25, 0.3) is 10.0 Å². The van der Waals surface area contributed by atoms with Crippen molar-refractivity contribution >= 4 is 33.2 Å². The van der Waals surface area contributed by atoms with Crippen molar-refractivity contribution in [2.75, 3.05) is 30.6 Å². The molecule has 0 aromatic heterocycles. The number of para-hydroxylation sites is 3. The molecule has 0 saturated heterocycles. The van der Waals surface area contributed by atoms with Gasteiger partial charge in [0, 0.05) is 0 Å². The summed E-state index contributed by atoms with van der Waals surface area (Å²) in [5.41, 5.74) is 0.283. The third-order valence-corrected chi connectivity index (χ3v) is 6.66. The number of hydrogen-bond donors (Lipinski definition) is 1. The van der Waals surface area contributed by atoms with Crippen LogP contribution in [0.4, 0.5) is 5.69 Å². The number of hydrogen-bond acceptors (Lipinski definition) is 5.